The van der Waals surface area contributed by atoms with Gasteiger partial charge in [0.2, 0.25) is 0 Å². The molecular weight excluding hydrogens is 344 g/mol. The summed E-state index contributed by atoms with van der Waals surface area (Å²) in [5, 5.41) is 1.78. The van der Waals surface area contributed by atoms with Gasteiger partial charge in [0.15, 0.2) is 0 Å². The number of ether oxygens (including phenoxy) is 2. The number of aryl methyl sites for hydroxylation is 1. The van der Waals surface area contributed by atoms with E-state index in [9.17, 15) is 9.59 Å². The van der Waals surface area contributed by atoms with E-state index in [0.29, 0.717) is 14.9 Å². The monoisotopic (exact) mass is 354 g/mol. The summed E-state index contributed by atoms with van der Waals surface area (Å²) in [6.07, 6.45) is 0. The van der Waals surface area contributed by atoms with Crippen molar-refractivity contribution in [2.75, 3.05) is 7.11 Å². The summed E-state index contributed by atoms with van der Waals surface area (Å²) in [5.41, 5.74) is 0.883. The Labute approximate surface area is 128 Å². The summed E-state index contributed by atoms with van der Waals surface area (Å²) in [5.74, 6) is -0.822. The van der Waals surface area contributed by atoms with Gasteiger partial charge in [-0.2, -0.15) is 0 Å². The third kappa shape index (κ3) is 3.08. The Morgan fingerprint density at radius 2 is 2.00 bits per heavy atom. The van der Waals surface area contributed by atoms with Gasteiger partial charge in [-0.3, -0.25) is 0 Å². The highest BCUT2D eigenvalue weighted by Gasteiger charge is 2.20. The van der Waals surface area contributed by atoms with E-state index in [1.807, 2.05) is 0 Å². The molecule has 0 spiro atoms. The van der Waals surface area contributed by atoms with E-state index in [1.54, 1.807) is 36.6 Å². The van der Waals surface area contributed by atoms with Crippen LogP contribution in [0.4, 0.5) is 0 Å². The third-order valence-electron chi connectivity index (χ3n) is 2.56. The number of benzene rings is 1. The molecule has 0 saturated heterocycles. The maximum Gasteiger partial charge on any atom is 0.353 e. The first-order valence-electron chi connectivity index (χ1n) is 5.67. The number of thiophene rings is 1. The van der Waals surface area contributed by atoms with Gasteiger partial charge in [0, 0.05) is 4.47 Å². The molecule has 0 fully saturated rings. The van der Waals surface area contributed by atoms with Crippen LogP contribution in [0.3, 0.4) is 0 Å². The molecule has 1 aromatic heterocycles. The number of carbonyl (C=O) groups excluding carboxylic acids is 2. The van der Waals surface area contributed by atoms with Crippen molar-refractivity contribution in [1.82, 2.24) is 0 Å². The summed E-state index contributed by atoms with van der Waals surface area (Å²) in [4.78, 5) is 24.2. The minimum atomic E-state index is -0.552. The molecule has 0 radical (unpaired) electrons. The molecule has 2 aromatic rings. The molecule has 0 bridgehead atoms. The van der Waals surface area contributed by atoms with E-state index < -0.39 is 11.9 Å². The Bertz CT molecular complexity index is 649. The predicted molar refractivity (Wildman–Crippen MR) is 79.5 cm³/mol. The molecule has 4 nitrogen and oxygen atoms in total. The highest BCUT2D eigenvalue weighted by Crippen LogP contribution is 2.29. The second-order valence-electron chi connectivity index (χ2n) is 3.96. The van der Waals surface area contributed by atoms with E-state index in [2.05, 4.69) is 15.9 Å². The van der Waals surface area contributed by atoms with Crippen molar-refractivity contribution in [2.24, 2.45) is 0 Å². The van der Waals surface area contributed by atoms with Gasteiger partial charge < -0.3 is 9.47 Å². The lowest BCUT2D eigenvalue weighted by molar-refractivity contribution is 0.0593. The molecule has 0 saturated carbocycles. The third-order valence-corrected chi connectivity index (χ3v) is 3.87. The number of esters is 2. The summed E-state index contributed by atoms with van der Waals surface area (Å²) in [7, 11) is 1.28. The van der Waals surface area contributed by atoms with Gasteiger partial charge in [-0.15, -0.1) is 11.3 Å². The van der Waals surface area contributed by atoms with Crippen molar-refractivity contribution in [1.29, 1.82) is 0 Å². The van der Waals surface area contributed by atoms with Crippen molar-refractivity contribution in [3.8, 4) is 5.75 Å². The first-order valence-corrected chi connectivity index (χ1v) is 7.34. The molecular formula is C14H11BrO4S. The topological polar surface area (TPSA) is 52.6 Å². The van der Waals surface area contributed by atoms with Crippen molar-refractivity contribution in [3.63, 3.8) is 0 Å². The van der Waals surface area contributed by atoms with Crippen LogP contribution in [0.1, 0.15) is 25.6 Å². The number of carbonyl (C=O) groups is 2. The average molecular weight is 355 g/mol. The molecule has 104 valence electrons. The Kier molecular flexibility index (Phi) is 4.57. The van der Waals surface area contributed by atoms with Crippen LogP contribution in [0.2, 0.25) is 0 Å². The molecule has 0 amide bonds. The van der Waals surface area contributed by atoms with Gasteiger partial charge in [0.1, 0.15) is 16.2 Å². The zero-order chi connectivity index (χ0) is 14.7. The second kappa shape index (κ2) is 6.19. The van der Waals surface area contributed by atoms with Crippen LogP contribution in [0.15, 0.2) is 34.1 Å². The zero-order valence-electron chi connectivity index (χ0n) is 10.8. The van der Waals surface area contributed by atoms with Gasteiger partial charge in [-0.1, -0.05) is 22.0 Å². The van der Waals surface area contributed by atoms with Crippen molar-refractivity contribution < 1.29 is 19.1 Å². The summed E-state index contributed by atoms with van der Waals surface area (Å²) < 4.78 is 10.8. The number of halogens is 1. The minimum Gasteiger partial charge on any atom is -0.465 e. The Morgan fingerprint density at radius 3 is 2.60 bits per heavy atom. The molecule has 0 aliphatic heterocycles. The highest BCUT2D eigenvalue weighted by molar-refractivity contribution is 9.10. The largest absolute Gasteiger partial charge is 0.465 e. The maximum atomic E-state index is 12.0. The van der Waals surface area contributed by atoms with E-state index in [1.165, 1.54) is 18.4 Å². The van der Waals surface area contributed by atoms with Crippen LogP contribution in [0.25, 0.3) is 0 Å². The lowest BCUT2D eigenvalue weighted by atomic mass is 10.1. The van der Waals surface area contributed by atoms with Gasteiger partial charge in [0.05, 0.1) is 7.11 Å². The number of rotatable bonds is 3. The molecule has 6 heteroatoms. The normalized spacial score (nSPS) is 10.2. The smallest absolute Gasteiger partial charge is 0.353 e. The number of hydrogen-bond acceptors (Lipinski definition) is 5. The second-order valence-corrected chi connectivity index (χ2v) is 5.82. The van der Waals surface area contributed by atoms with Crippen LogP contribution in [-0.2, 0) is 4.74 Å². The SMILES string of the molecule is COC(=O)c1cc(Br)cc(C)c1OC(=O)c1cccs1. The van der Waals surface area contributed by atoms with E-state index in [4.69, 9.17) is 9.47 Å². The van der Waals surface area contributed by atoms with Crippen LogP contribution >= 0.6 is 27.3 Å². The fourth-order valence-corrected chi connectivity index (χ4v) is 2.84. The van der Waals surface area contributed by atoms with E-state index in [-0.39, 0.29) is 11.3 Å². The van der Waals surface area contributed by atoms with Gasteiger partial charge in [0.25, 0.3) is 0 Å². The van der Waals surface area contributed by atoms with E-state index in [0.717, 1.165) is 0 Å². The van der Waals surface area contributed by atoms with Gasteiger partial charge >= 0.3 is 11.9 Å². The molecule has 0 aliphatic rings. The zero-order valence-corrected chi connectivity index (χ0v) is 13.2. The summed E-state index contributed by atoms with van der Waals surface area (Å²) in [6, 6.07) is 6.76. The van der Waals surface area contributed by atoms with Crippen molar-refractivity contribution in [3.05, 3.63) is 50.1 Å². The first-order chi connectivity index (χ1) is 9.52. The lowest BCUT2D eigenvalue weighted by Crippen LogP contribution is -2.12. The molecule has 0 aliphatic carbocycles. The Hall–Kier alpha value is -1.66. The molecule has 0 atom stereocenters. The first kappa shape index (κ1) is 14.7. The standard InChI is InChI=1S/C14H11BrO4S/c1-8-6-9(15)7-10(13(16)18-2)12(8)19-14(17)11-4-3-5-20-11/h3-7H,1-2H3. The summed E-state index contributed by atoms with van der Waals surface area (Å²) in [6.45, 7) is 1.76. The van der Waals surface area contributed by atoms with Gasteiger partial charge in [-0.05, 0) is 36.1 Å². The van der Waals surface area contributed by atoms with Crippen LogP contribution in [0.5, 0.6) is 5.75 Å². The molecule has 0 unspecified atom stereocenters. The minimum absolute atomic E-state index is 0.212. The van der Waals surface area contributed by atoms with Crippen LogP contribution in [0, 0.1) is 6.92 Å². The number of methoxy groups -OCH3 is 1. The molecule has 2 rings (SSSR count). The molecule has 20 heavy (non-hydrogen) atoms. The maximum absolute atomic E-state index is 12.0. The van der Waals surface area contributed by atoms with Crippen molar-refractivity contribution >= 4 is 39.2 Å². The number of hydrogen-bond donors (Lipinski definition) is 0. The fourth-order valence-electron chi connectivity index (χ4n) is 1.66. The quantitative estimate of drug-likeness (QED) is 0.620. The lowest BCUT2D eigenvalue weighted by Gasteiger charge is -2.11. The van der Waals surface area contributed by atoms with Crippen LogP contribution in [-0.4, -0.2) is 19.0 Å². The molecule has 0 N–H and O–H groups in total. The Morgan fingerprint density at radius 1 is 1.25 bits per heavy atom. The summed E-state index contributed by atoms with van der Waals surface area (Å²) >= 11 is 4.58. The average Bonchev–Trinajstić information content (AvgIpc) is 2.94. The predicted octanol–water partition coefficient (Wildman–Crippen LogP) is 3.82. The Balaban J connectivity index is 2.40. The highest BCUT2D eigenvalue weighted by atomic mass is 79.9. The molecule has 1 heterocycles. The fraction of sp³-hybridized carbons (Fsp3) is 0.143. The van der Waals surface area contributed by atoms with Crippen LogP contribution < -0.4 is 4.74 Å². The molecule has 1 aromatic carbocycles. The van der Waals surface area contributed by atoms with Crippen molar-refractivity contribution in [2.45, 2.75) is 6.92 Å². The van der Waals surface area contributed by atoms with Gasteiger partial charge in [-0.25, -0.2) is 9.59 Å². The van der Waals surface area contributed by atoms with E-state index >= 15 is 0 Å².